The molecule has 0 aliphatic heterocycles. The predicted molar refractivity (Wildman–Crippen MR) is 135 cm³/mol. The van der Waals surface area contributed by atoms with Gasteiger partial charge in [-0.1, -0.05) is 60.7 Å². The molecule has 0 atom stereocenters. The van der Waals surface area contributed by atoms with Gasteiger partial charge in [0, 0.05) is 13.2 Å². The molecule has 2 aromatic rings. The first kappa shape index (κ1) is 26.0. The monoisotopic (exact) mass is 564 g/mol. The Morgan fingerprint density at radius 1 is 0.552 bits per heavy atom. The zero-order valence-corrected chi connectivity index (χ0v) is 23.1. The minimum absolute atomic E-state index is 0.441. The number of rotatable bonds is 12. The van der Waals surface area contributed by atoms with Gasteiger partial charge in [0.2, 0.25) is 0 Å². The molecule has 0 amide bonds. The molecule has 0 aromatic heterocycles. The Hall–Kier alpha value is 0.751. The van der Waals surface area contributed by atoms with Crippen molar-refractivity contribution in [3.8, 4) is 0 Å². The van der Waals surface area contributed by atoms with E-state index < -0.39 is 20.6 Å². The van der Waals surface area contributed by atoms with Crippen molar-refractivity contribution < 1.29 is 8.85 Å². The van der Waals surface area contributed by atoms with Crippen molar-refractivity contribution in [3.63, 3.8) is 0 Å². The first-order valence-corrected chi connectivity index (χ1v) is 21.4. The van der Waals surface area contributed by atoms with Crippen molar-refractivity contribution in [1.82, 2.24) is 0 Å². The molecule has 0 fully saturated rings. The molecular weight excluding hydrogens is 545 g/mol. The van der Waals surface area contributed by atoms with E-state index >= 15 is 0 Å². The average molecular weight is 567 g/mol. The van der Waals surface area contributed by atoms with Gasteiger partial charge in [0.15, 0.2) is 0 Å². The quantitative estimate of drug-likeness (QED) is 0.169. The molecule has 2 nitrogen and oxygen atoms in total. The third-order valence-electron chi connectivity index (χ3n) is 4.13. The minimum atomic E-state index is -2.97. The van der Waals surface area contributed by atoms with Gasteiger partial charge in [0.25, 0.3) is 0 Å². The molecule has 11 heteroatoms. The van der Waals surface area contributed by atoms with Gasteiger partial charge in [0.05, 0.1) is 0 Å². The fraction of sp³-hybridized carbons (Fsp3) is 0.333. The van der Waals surface area contributed by atoms with Crippen molar-refractivity contribution >= 4 is 97.4 Å². The maximum atomic E-state index is 6.50. The van der Waals surface area contributed by atoms with E-state index in [-0.39, 0.29) is 0 Å². The van der Waals surface area contributed by atoms with Crippen LogP contribution in [0.4, 0.5) is 0 Å². The second kappa shape index (κ2) is 12.1. The molecule has 160 valence electrons. The van der Waals surface area contributed by atoms with Crippen LogP contribution in [-0.2, 0) is 8.85 Å². The third kappa shape index (κ3) is 9.41. The lowest BCUT2D eigenvalue weighted by Crippen LogP contribution is -2.63. The van der Waals surface area contributed by atoms with Crippen molar-refractivity contribution in [2.45, 2.75) is 24.9 Å². The molecule has 0 spiro atoms. The molecule has 0 saturated heterocycles. The van der Waals surface area contributed by atoms with Gasteiger partial charge in [-0.15, -0.1) is 66.5 Å². The summed E-state index contributed by atoms with van der Waals surface area (Å²) in [6.45, 7) is 0.881. The van der Waals surface area contributed by atoms with Crippen molar-refractivity contribution in [1.29, 1.82) is 0 Å². The van der Waals surface area contributed by atoms with E-state index in [4.69, 9.17) is 75.3 Å². The number of benzene rings is 2. The molecule has 0 radical (unpaired) electrons. The normalized spacial score (nSPS) is 12.9. The molecular formula is C18H22Cl6O2Si3. The van der Waals surface area contributed by atoms with Crippen LogP contribution in [-0.4, -0.2) is 33.8 Å². The highest BCUT2D eigenvalue weighted by molar-refractivity contribution is 7.65. The zero-order valence-electron chi connectivity index (χ0n) is 15.6. The maximum absolute atomic E-state index is 6.50. The van der Waals surface area contributed by atoms with E-state index in [1.54, 1.807) is 0 Å². The molecule has 2 aromatic carbocycles. The van der Waals surface area contributed by atoms with Crippen LogP contribution in [0.5, 0.6) is 0 Å². The SMILES string of the molecule is Cl[Si](Cl)(Cl)CCCO[Si](OCCC[Si](Cl)(Cl)Cl)(c1ccccc1)c1ccccc1. The summed E-state index contributed by atoms with van der Waals surface area (Å²) in [5.74, 6) is 0. The van der Waals surface area contributed by atoms with E-state index in [1.807, 2.05) is 60.7 Å². The number of hydrogen-bond donors (Lipinski definition) is 0. The Labute approximate surface area is 203 Å². The van der Waals surface area contributed by atoms with Gasteiger partial charge >= 0.3 is 20.6 Å². The molecule has 0 bridgehead atoms. The summed E-state index contributed by atoms with van der Waals surface area (Å²) < 4.78 is 13.0. The number of hydrogen-bond acceptors (Lipinski definition) is 2. The molecule has 29 heavy (non-hydrogen) atoms. The molecule has 2 rings (SSSR count). The standard InChI is InChI=1S/C18H22Cl6O2Si3/c19-27(20,21)15-7-13-25-29(17-9-3-1-4-10-17,18-11-5-2-6-12-18)26-14-8-16-28(22,23)24/h1-6,9-12H,7-8,13-16H2. The van der Waals surface area contributed by atoms with Crippen LogP contribution in [0.1, 0.15) is 12.8 Å². The van der Waals surface area contributed by atoms with Crippen LogP contribution < -0.4 is 10.4 Å². The Kier molecular flexibility index (Phi) is 10.9. The van der Waals surface area contributed by atoms with E-state index in [2.05, 4.69) is 0 Å². The molecule has 0 aliphatic carbocycles. The van der Waals surface area contributed by atoms with Gasteiger partial charge in [-0.25, -0.2) is 0 Å². The highest BCUT2D eigenvalue weighted by Gasteiger charge is 2.43. The van der Waals surface area contributed by atoms with Gasteiger partial charge in [-0.05, 0) is 35.3 Å². The lowest BCUT2D eigenvalue weighted by molar-refractivity contribution is 0.191. The van der Waals surface area contributed by atoms with Crippen LogP contribution in [0.2, 0.25) is 12.1 Å². The highest BCUT2D eigenvalue weighted by atomic mass is 35.8. The third-order valence-corrected chi connectivity index (χ3v) is 12.8. The van der Waals surface area contributed by atoms with Gasteiger partial charge in [0.1, 0.15) is 0 Å². The summed E-state index contributed by atoms with van der Waals surface area (Å²) in [6, 6.07) is 15.7. The Bertz CT molecular complexity index is 662. The average Bonchev–Trinajstić information content (AvgIpc) is 2.67. The van der Waals surface area contributed by atoms with Crippen LogP contribution in [0.3, 0.4) is 0 Å². The number of halogens is 6. The largest absolute Gasteiger partial charge is 0.407 e. The van der Waals surface area contributed by atoms with Crippen LogP contribution >= 0.6 is 66.5 Å². The fourth-order valence-corrected chi connectivity index (χ4v) is 9.54. The Morgan fingerprint density at radius 3 is 1.21 bits per heavy atom. The summed E-state index contributed by atoms with van der Waals surface area (Å²) in [7, 11) is -2.97. The molecule has 0 unspecified atom stereocenters. The second-order valence-electron chi connectivity index (χ2n) is 6.48. The van der Waals surface area contributed by atoms with E-state index in [0.717, 1.165) is 10.4 Å². The van der Waals surface area contributed by atoms with E-state index in [0.29, 0.717) is 38.1 Å². The summed E-state index contributed by atoms with van der Waals surface area (Å²) in [4.78, 5) is 0. The zero-order chi connectivity index (χ0) is 21.4. The van der Waals surface area contributed by atoms with E-state index in [1.165, 1.54) is 0 Å². The van der Waals surface area contributed by atoms with Crippen molar-refractivity contribution in [2.75, 3.05) is 13.2 Å². The van der Waals surface area contributed by atoms with Crippen LogP contribution in [0.15, 0.2) is 60.7 Å². The molecule has 0 saturated carbocycles. The molecule has 0 N–H and O–H groups in total. The second-order valence-corrected chi connectivity index (χ2v) is 28.0. The highest BCUT2D eigenvalue weighted by Crippen LogP contribution is 2.28. The Morgan fingerprint density at radius 2 is 0.897 bits per heavy atom. The molecule has 0 aliphatic rings. The van der Waals surface area contributed by atoms with Gasteiger partial charge in [-0.3, -0.25) is 0 Å². The smallest absolute Gasteiger partial charge is 0.388 e. The van der Waals surface area contributed by atoms with Crippen LogP contribution in [0.25, 0.3) is 0 Å². The lowest BCUT2D eigenvalue weighted by atomic mass is 10.4. The summed E-state index contributed by atoms with van der Waals surface area (Å²) in [5.41, 5.74) is 0. The van der Waals surface area contributed by atoms with Crippen LogP contribution in [0, 0.1) is 0 Å². The first-order chi connectivity index (χ1) is 13.6. The van der Waals surface area contributed by atoms with Crippen molar-refractivity contribution in [2.24, 2.45) is 0 Å². The minimum Gasteiger partial charge on any atom is -0.388 e. The first-order valence-electron chi connectivity index (χ1n) is 9.15. The van der Waals surface area contributed by atoms with Crippen molar-refractivity contribution in [3.05, 3.63) is 60.7 Å². The lowest BCUT2D eigenvalue weighted by Gasteiger charge is -2.32. The summed E-state index contributed by atoms with van der Waals surface area (Å²) in [6.07, 6.45) is 1.31. The fourth-order valence-electron chi connectivity index (χ4n) is 2.83. The predicted octanol–water partition coefficient (Wildman–Crippen LogP) is 6.37. The topological polar surface area (TPSA) is 18.5 Å². The maximum Gasteiger partial charge on any atom is 0.407 e. The van der Waals surface area contributed by atoms with E-state index in [9.17, 15) is 0 Å². The summed E-state index contributed by atoms with van der Waals surface area (Å²) >= 11 is 36.1. The molecule has 0 heterocycles. The summed E-state index contributed by atoms with van der Waals surface area (Å²) in [5, 5.41) is 2.03. The Balaban J connectivity index is 2.26. The van der Waals surface area contributed by atoms with Gasteiger partial charge < -0.3 is 8.85 Å². The van der Waals surface area contributed by atoms with Gasteiger partial charge in [-0.2, -0.15) is 0 Å².